The Hall–Kier alpha value is -1.40. The maximum atomic E-state index is 13.2. The smallest absolute Gasteiger partial charge is 0.234 e. The Morgan fingerprint density at radius 1 is 0.963 bits per heavy atom. The van der Waals surface area contributed by atoms with Gasteiger partial charge in [0.15, 0.2) is 0 Å². The Labute approximate surface area is 162 Å². The van der Waals surface area contributed by atoms with Gasteiger partial charge in [-0.25, -0.2) is 12.7 Å². The van der Waals surface area contributed by atoms with Gasteiger partial charge in [0.2, 0.25) is 15.9 Å². The Balaban J connectivity index is 1.48. The van der Waals surface area contributed by atoms with Crippen LogP contribution in [0.5, 0.6) is 0 Å². The van der Waals surface area contributed by atoms with Gasteiger partial charge >= 0.3 is 0 Å². The summed E-state index contributed by atoms with van der Waals surface area (Å²) in [6.45, 7) is 1.61. The number of nitrogens with zero attached hydrogens (tertiary/aromatic N) is 2. The molecule has 1 aliphatic carbocycles. The summed E-state index contributed by atoms with van der Waals surface area (Å²) >= 11 is 0. The zero-order valence-electron chi connectivity index (χ0n) is 16.0. The minimum Gasteiger partial charge on any atom is -0.312 e. The maximum absolute atomic E-state index is 13.2. The molecule has 0 N–H and O–H groups in total. The summed E-state index contributed by atoms with van der Waals surface area (Å²) in [7, 11) is -3.29. The normalized spacial score (nSPS) is 28.1. The lowest BCUT2D eigenvalue weighted by atomic mass is 9.79. The van der Waals surface area contributed by atoms with E-state index in [0.29, 0.717) is 25.6 Å². The van der Waals surface area contributed by atoms with E-state index in [4.69, 9.17) is 0 Å². The van der Waals surface area contributed by atoms with Gasteiger partial charge in [0.05, 0.1) is 11.2 Å². The molecule has 1 atom stereocenters. The third-order valence-corrected chi connectivity index (χ3v) is 8.68. The molecule has 6 heteroatoms. The van der Waals surface area contributed by atoms with E-state index >= 15 is 0 Å². The van der Waals surface area contributed by atoms with Crippen LogP contribution in [0.4, 0.5) is 5.69 Å². The highest BCUT2D eigenvalue weighted by atomic mass is 32.2. The molecule has 2 saturated heterocycles. The first-order valence-corrected chi connectivity index (χ1v) is 12.0. The molecular weight excluding hydrogens is 360 g/mol. The molecule has 1 amide bonds. The van der Waals surface area contributed by atoms with E-state index in [1.165, 1.54) is 6.42 Å². The molecule has 4 rings (SSSR count). The number of hydrogen-bond acceptors (Lipinski definition) is 3. The summed E-state index contributed by atoms with van der Waals surface area (Å²) in [5.74, 6) is 0.660. The van der Waals surface area contributed by atoms with Crippen molar-refractivity contribution in [3.8, 4) is 0 Å². The summed E-state index contributed by atoms with van der Waals surface area (Å²) in [6.07, 6.45) is 7.90. The molecule has 3 fully saturated rings. The van der Waals surface area contributed by atoms with Crippen molar-refractivity contribution < 1.29 is 13.2 Å². The van der Waals surface area contributed by atoms with Crippen LogP contribution in [0.3, 0.4) is 0 Å². The van der Waals surface area contributed by atoms with Crippen molar-refractivity contribution in [3.05, 3.63) is 30.3 Å². The monoisotopic (exact) mass is 390 g/mol. The average Bonchev–Trinajstić information content (AvgIpc) is 2.99. The van der Waals surface area contributed by atoms with Gasteiger partial charge in [-0.2, -0.15) is 0 Å². The lowest BCUT2D eigenvalue weighted by Gasteiger charge is -2.39. The number of piperidine rings is 1. The van der Waals surface area contributed by atoms with Gasteiger partial charge in [-0.15, -0.1) is 0 Å². The van der Waals surface area contributed by atoms with Gasteiger partial charge in [-0.1, -0.05) is 37.5 Å². The topological polar surface area (TPSA) is 57.7 Å². The van der Waals surface area contributed by atoms with Crippen molar-refractivity contribution in [1.29, 1.82) is 0 Å². The number of carbonyl (C=O) groups is 1. The molecule has 0 radical (unpaired) electrons. The molecule has 5 nitrogen and oxygen atoms in total. The predicted octanol–water partition coefficient (Wildman–Crippen LogP) is 3.42. The molecule has 0 bridgehead atoms. The number of amides is 1. The number of rotatable bonds is 4. The van der Waals surface area contributed by atoms with Crippen molar-refractivity contribution in [1.82, 2.24) is 4.31 Å². The standard InChI is InChI=1S/C21H30N2O3S/c24-20-21(13-15-23(20)19-10-5-2-6-11-19)12-7-14-22(17-21)27(25,26)16-18-8-3-1-4-9-18/h2,5-6,10-11,18H,1,3-4,7-9,12-17H2. The molecule has 2 heterocycles. The molecule has 1 spiro atoms. The van der Waals surface area contributed by atoms with Crippen LogP contribution < -0.4 is 4.90 Å². The summed E-state index contributed by atoms with van der Waals surface area (Å²) in [5, 5.41) is 0. The molecule has 2 aliphatic heterocycles. The quantitative estimate of drug-likeness (QED) is 0.792. The molecular formula is C21H30N2O3S. The zero-order valence-corrected chi connectivity index (χ0v) is 16.8. The molecule has 148 valence electrons. The first kappa shape index (κ1) is 18.9. The fourth-order valence-corrected chi connectivity index (χ4v) is 7.13. The molecule has 1 unspecified atom stereocenters. The average molecular weight is 391 g/mol. The molecule has 1 aromatic carbocycles. The Morgan fingerprint density at radius 2 is 1.70 bits per heavy atom. The van der Waals surface area contributed by atoms with Gasteiger partial charge in [0, 0.05) is 25.3 Å². The number of benzene rings is 1. The van der Waals surface area contributed by atoms with Crippen molar-refractivity contribution in [2.75, 3.05) is 30.3 Å². The second-order valence-corrected chi connectivity index (χ2v) is 10.6. The fourth-order valence-electron chi connectivity index (χ4n) is 5.14. The first-order valence-electron chi connectivity index (χ1n) is 10.4. The van der Waals surface area contributed by atoms with Gasteiger partial charge < -0.3 is 4.90 Å². The Bertz CT molecular complexity index is 774. The number of carbonyl (C=O) groups excluding carboxylic acids is 1. The Morgan fingerprint density at radius 3 is 2.44 bits per heavy atom. The van der Waals surface area contributed by atoms with Crippen molar-refractivity contribution in [2.24, 2.45) is 11.3 Å². The van der Waals surface area contributed by atoms with Crippen molar-refractivity contribution >= 4 is 21.6 Å². The van der Waals surface area contributed by atoms with Crippen molar-refractivity contribution in [2.45, 2.75) is 51.4 Å². The van der Waals surface area contributed by atoms with Crippen LogP contribution in [0.15, 0.2) is 30.3 Å². The Kier molecular flexibility index (Phi) is 5.30. The number of para-hydroxylation sites is 1. The third kappa shape index (κ3) is 3.79. The summed E-state index contributed by atoms with van der Waals surface area (Å²) < 4.78 is 27.7. The van der Waals surface area contributed by atoms with Crippen LogP contribution in [0, 0.1) is 11.3 Å². The van der Waals surface area contributed by atoms with Crippen LogP contribution in [0.1, 0.15) is 51.4 Å². The summed E-state index contributed by atoms with van der Waals surface area (Å²) in [5.41, 5.74) is 0.384. The highest BCUT2D eigenvalue weighted by molar-refractivity contribution is 7.89. The second-order valence-electron chi connectivity index (χ2n) is 8.54. The second kappa shape index (κ2) is 7.55. The van der Waals surface area contributed by atoms with E-state index in [1.807, 2.05) is 35.2 Å². The number of sulfonamides is 1. The minimum absolute atomic E-state index is 0.103. The van der Waals surface area contributed by atoms with Crippen LogP contribution >= 0.6 is 0 Å². The summed E-state index contributed by atoms with van der Waals surface area (Å²) in [6, 6.07) is 9.74. The van der Waals surface area contributed by atoms with Gasteiger partial charge in [-0.05, 0) is 50.2 Å². The SMILES string of the molecule is O=C1N(c2ccccc2)CCC12CCCN(S(=O)(=O)CC1CCCCC1)C2. The fraction of sp³-hybridized carbons (Fsp3) is 0.667. The summed E-state index contributed by atoms with van der Waals surface area (Å²) in [4.78, 5) is 15.1. The minimum atomic E-state index is -3.29. The highest BCUT2D eigenvalue weighted by Crippen LogP contribution is 2.42. The van der Waals surface area contributed by atoms with E-state index in [0.717, 1.165) is 50.6 Å². The molecule has 1 saturated carbocycles. The van der Waals surface area contributed by atoms with Crippen LogP contribution in [-0.4, -0.2) is 44.0 Å². The molecule has 1 aromatic rings. The van der Waals surface area contributed by atoms with Gasteiger partial charge in [-0.3, -0.25) is 4.79 Å². The number of anilines is 1. The molecule has 27 heavy (non-hydrogen) atoms. The lowest BCUT2D eigenvalue weighted by molar-refractivity contribution is -0.127. The lowest BCUT2D eigenvalue weighted by Crippen LogP contribution is -2.50. The van der Waals surface area contributed by atoms with E-state index in [2.05, 4.69) is 0 Å². The van der Waals surface area contributed by atoms with E-state index in [1.54, 1.807) is 4.31 Å². The third-order valence-electron chi connectivity index (χ3n) is 6.69. The van der Waals surface area contributed by atoms with Gasteiger partial charge in [0.25, 0.3) is 0 Å². The largest absolute Gasteiger partial charge is 0.312 e. The van der Waals surface area contributed by atoms with Crippen molar-refractivity contribution in [3.63, 3.8) is 0 Å². The van der Waals surface area contributed by atoms with Crippen LogP contribution in [-0.2, 0) is 14.8 Å². The highest BCUT2D eigenvalue weighted by Gasteiger charge is 2.51. The van der Waals surface area contributed by atoms with E-state index < -0.39 is 15.4 Å². The predicted molar refractivity (Wildman–Crippen MR) is 107 cm³/mol. The van der Waals surface area contributed by atoms with Crippen LogP contribution in [0.25, 0.3) is 0 Å². The van der Waals surface area contributed by atoms with Crippen LogP contribution in [0.2, 0.25) is 0 Å². The van der Waals surface area contributed by atoms with Gasteiger partial charge in [0.1, 0.15) is 0 Å². The molecule has 0 aromatic heterocycles. The maximum Gasteiger partial charge on any atom is 0.234 e. The molecule has 3 aliphatic rings. The number of hydrogen-bond donors (Lipinski definition) is 0. The van der Waals surface area contributed by atoms with E-state index in [9.17, 15) is 13.2 Å². The first-order chi connectivity index (χ1) is 13.0. The zero-order chi connectivity index (χ0) is 18.9. The van der Waals surface area contributed by atoms with E-state index in [-0.39, 0.29) is 11.7 Å².